The molecular formula is C25H19ClN2O5. The van der Waals surface area contributed by atoms with Gasteiger partial charge >= 0.3 is 6.03 Å². The minimum atomic E-state index is -0.870. The fourth-order valence-electron chi connectivity index (χ4n) is 3.23. The number of nitrogens with zero attached hydrogens (tertiary/aromatic N) is 1. The van der Waals surface area contributed by atoms with Crippen molar-refractivity contribution in [3.05, 3.63) is 94.0 Å². The summed E-state index contributed by atoms with van der Waals surface area (Å²) in [6, 6.07) is 17.4. The molecule has 1 heterocycles. The molecule has 0 saturated carbocycles. The third-order valence-corrected chi connectivity index (χ3v) is 5.29. The normalized spacial score (nSPS) is 15.0. The maximum Gasteiger partial charge on any atom is 0.335 e. The van der Waals surface area contributed by atoms with E-state index in [0.717, 1.165) is 16.0 Å². The number of amides is 4. The van der Waals surface area contributed by atoms with Crippen molar-refractivity contribution in [3.8, 4) is 11.5 Å². The van der Waals surface area contributed by atoms with E-state index in [4.69, 9.17) is 16.3 Å². The molecule has 166 valence electrons. The van der Waals surface area contributed by atoms with Crippen LogP contribution in [0.25, 0.3) is 6.08 Å². The van der Waals surface area contributed by atoms with Crippen LogP contribution >= 0.6 is 11.6 Å². The highest BCUT2D eigenvalue weighted by atomic mass is 35.5. The number of hydrogen-bond acceptors (Lipinski definition) is 5. The molecule has 8 heteroatoms. The second-order valence-electron chi connectivity index (χ2n) is 7.44. The molecule has 1 fully saturated rings. The van der Waals surface area contributed by atoms with Crippen molar-refractivity contribution < 1.29 is 24.2 Å². The van der Waals surface area contributed by atoms with E-state index in [1.54, 1.807) is 18.2 Å². The van der Waals surface area contributed by atoms with Crippen LogP contribution < -0.4 is 15.0 Å². The fraction of sp³-hybridized carbons (Fsp3) is 0.0800. The van der Waals surface area contributed by atoms with Crippen LogP contribution in [0.15, 0.2) is 72.3 Å². The number of ether oxygens (including phenoxy) is 1. The smallest absolute Gasteiger partial charge is 0.335 e. The molecule has 0 aromatic heterocycles. The lowest BCUT2D eigenvalue weighted by atomic mass is 10.1. The summed E-state index contributed by atoms with van der Waals surface area (Å²) in [5, 5.41) is 11.9. The number of anilines is 1. The number of urea groups is 1. The Labute approximate surface area is 194 Å². The first kappa shape index (κ1) is 22.1. The largest absolute Gasteiger partial charge is 0.508 e. The minimum Gasteiger partial charge on any atom is -0.508 e. The zero-order chi connectivity index (χ0) is 23.5. The molecule has 33 heavy (non-hydrogen) atoms. The number of halogens is 1. The molecule has 0 bridgehead atoms. The number of phenols is 1. The average molecular weight is 463 g/mol. The lowest BCUT2D eigenvalue weighted by Crippen LogP contribution is -2.54. The number of imide groups is 2. The van der Waals surface area contributed by atoms with Crippen molar-refractivity contribution in [2.45, 2.75) is 13.5 Å². The highest BCUT2D eigenvalue weighted by Crippen LogP contribution is 2.29. The molecule has 3 aromatic carbocycles. The molecule has 4 amide bonds. The van der Waals surface area contributed by atoms with Gasteiger partial charge in [-0.25, -0.2) is 9.69 Å². The number of barbiturate groups is 1. The Kier molecular flexibility index (Phi) is 6.15. The van der Waals surface area contributed by atoms with Crippen LogP contribution in [-0.2, 0) is 16.2 Å². The van der Waals surface area contributed by atoms with E-state index < -0.39 is 17.8 Å². The van der Waals surface area contributed by atoms with Crippen molar-refractivity contribution in [1.82, 2.24) is 5.32 Å². The summed E-state index contributed by atoms with van der Waals surface area (Å²) in [5.74, 6) is -1.16. The second kappa shape index (κ2) is 9.18. The third kappa shape index (κ3) is 4.88. The number of carbonyl (C=O) groups is 3. The maximum atomic E-state index is 12.9. The van der Waals surface area contributed by atoms with Crippen LogP contribution in [0.3, 0.4) is 0 Å². The molecule has 0 radical (unpaired) electrons. The van der Waals surface area contributed by atoms with E-state index in [1.165, 1.54) is 30.3 Å². The Hall–Kier alpha value is -4.10. The molecule has 1 saturated heterocycles. The zero-order valence-electron chi connectivity index (χ0n) is 17.5. The Morgan fingerprint density at radius 3 is 2.36 bits per heavy atom. The summed E-state index contributed by atoms with van der Waals surface area (Å²) in [7, 11) is 0. The Balaban J connectivity index is 1.55. The second-order valence-corrected chi connectivity index (χ2v) is 7.85. The van der Waals surface area contributed by atoms with Crippen molar-refractivity contribution >= 4 is 41.2 Å². The number of hydrogen-bond donors (Lipinski definition) is 2. The van der Waals surface area contributed by atoms with E-state index in [-0.39, 0.29) is 17.0 Å². The van der Waals surface area contributed by atoms with Crippen LogP contribution in [0.1, 0.15) is 16.7 Å². The van der Waals surface area contributed by atoms with Crippen LogP contribution in [0.4, 0.5) is 10.5 Å². The average Bonchev–Trinajstić information content (AvgIpc) is 2.78. The van der Waals surface area contributed by atoms with Gasteiger partial charge in [0.05, 0.1) is 10.7 Å². The van der Waals surface area contributed by atoms with Gasteiger partial charge in [-0.05, 0) is 60.5 Å². The van der Waals surface area contributed by atoms with Gasteiger partial charge in [-0.2, -0.15) is 0 Å². The van der Waals surface area contributed by atoms with Crippen LogP contribution in [-0.4, -0.2) is 23.0 Å². The molecule has 1 aliphatic rings. The quantitative estimate of drug-likeness (QED) is 0.426. The van der Waals surface area contributed by atoms with Crippen molar-refractivity contribution in [3.63, 3.8) is 0 Å². The molecule has 0 spiro atoms. The standard InChI is InChI=1S/C25H19ClN2O5/c1-15-2-4-16(5-3-15)14-33-22-11-6-17(13-21(22)26)12-20-23(30)27-25(32)28(24(20)31)18-7-9-19(29)10-8-18/h2-13,29H,14H2,1H3,(H,27,30,32)/b20-12+. The van der Waals surface area contributed by atoms with Gasteiger partial charge in [0, 0.05) is 0 Å². The summed E-state index contributed by atoms with van der Waals surface area (Å²) < 4.78 is 5.78. The number of carbonyl (C=O) groups excluding carboxylic acids is 3. The van der Waals surface area contributed by atoms with Crippen LogP contribution in [0.2, 0.25) is 5.02 Å². The molecule has 0 aliphatic carbocycles. The van der Waals surface area contributed by atoms with Gasteiger partial charge in [-0.3, -0.25) is 14.9 Å². The zero-order valence-corrected chi connectivity index (χ0v) is 18.3. The Bertz CT molecular complexity index is 1270. The third-order valence-electron chi connectivity index (χ3n) is 4.99. The molecule has 4 rings (SSSR count). The van der Waals surface area contributed by atoms with Crippen molar-refractivity contribution in [1.29, 1.82) is 0 Å². The molecule has 0 unspecified atom stereocenters. The molecule has 1 aliphatic heterocycles. The van der Waals surface area contributed by atoms with Gasteiger partial charge < -0.3 is 9.84 Å². The summed E-state index contributed by atoms with van der Waals surface area (Å²) in [4.78, 5) is 38.3. The SMILES string of the molecule is Cc1ccc(COc2ccc(/C=C3\C(=O)NC(=O)N(c4ccc(O)cc4)C3=O)cc2Cl)cc1. The topological polar surface area (TPSA) is 95.9 Å². The number of rotatable bonds is 5. The lowest BCUT2D eigenvalue weighted by molar-refractivity contribution is -0.122. The predicted octanol–water partition coefficient (Wildman–Crippen LogP) is 4.60. The van der Waals surface area contributed by atoms with Gasteiger partial charge in [0.15, 0.2) is 0 Å². The molecule has 2 N–H and O–H groups in total. The number of phenolic OH excluding ortho intramolecular Hbond substituents is 1. The summed E-state index contributed by atoms with van der Waals surface area (Å²) in [6.45, 7) is 2.34. The van der Waals surface area contributed by atoms with E-state index in [9.17, 15) is 19.5 Å². The minimum absolute atomic E-state index is 0.0187. The number of aromatic hydroxyl groups is 1. The number of benzene rings is 3. The first-order chi connectivity index (χ1) is 15.8. The molecule has 7 nitrogen and oxygen atoms in total. The number of aryl methyl sites for hydroxylation is 1. The first-order valence-electron chi connectivity index (χ1n) is 10.0. The Morgan fingerprint density at radius 2 is 1.70 bits per heavy atom. The highest BCUT2D eigenvalue weighted by Gasteiger charge is 2.36. The van der Waals surface area contributed by atoms with E-state index >= 15 is 0 Å². The van der Waals surface area contributed by atoms with E-state index in [1.807, 2.05) is 31.2 Å². The van der Waals surface area contributed by atoms with E-state index in [2.05, 4.69) is 5.32 Å². The van der Waals surface area contributed by atoms with Gasteiger partial charge in [-0.1, -0.05) is 47.5 Å². The molecule has 3 aromatic rings. The number of nitrogens with one attached hydrogen (secondary N) is 1. The van der Waals surface area contributed by atoms with Gasteiger partial charge in [0.1, 0.15) is 23.7 Å². The van der Waals surface area contributed by atoms with Gasteiger partial charge in [0.2, 0.25) is 0 Å². The van der Waals surface area contributed by atoms with Crippen molar-refractivity contribution in [2.24, 2.45) is 0 Å². The monoisotopic (exact) mass is 462 g/mol. The summed E-state index contributed by atoms with van der Waals surface area (Å²) in [6.07, 6.45) is 1.35. The summed E-state index contributed by atoms with van der Waals surface area (Å²) >= 11 is 6.35. The van der Waals surface area contributed by atoms with Gasteiger partial charge in [-0.15, -0.1) is 0 Å². The van der Waals surface area contributed by atoms with Crippen LogP contribution in [0.5, 0.6) is 11.5 Å². The molecular weight excluding hydrogens is 444 g/mol. The maximum absolute atomic E-state index is 12.9. The van der Waals surface area contributed by atoms with E-state index in [0.29, 0.717) is 22.9 Å². The van der Waals surface area contributed by atoms with Crippen LogP contribution in [0, 0.1) is 6.92 Å². The van der Waals surface area contributed by atoms with Gasteiger partial charge in [0.25, 0.3) is 11.8 Å². The predicted molar refractivity (Wildman–Crippen MR) is 124 cm³/mol. The fourth-order valence-corrected chi connectivity index (χ4v) is 3.47. The first-order valence-corrected chi connectivity index (χ1v) is 10.4. The Morgan fingerprint density at radius 1 is 1.00 bits per heavy atom. The van der Waals surface area contributed by atoms with Crippen molar-refractivity contribution in [2.75, 3.05) is 4.90 Å². The lowest BCUT2D eigenvalue weighted by Gasteiger charge is -2.26. The summed E-state index contributed by atoms with van der Waals surface area (Å²) in [5.41, 5.74) is 2.62. The molecule has 0 atom stereocenters. The highest BCUT2D eigenvalue weighted by molar-refractivity contribution is 6.39.